The van der Waals surface area contributed by atoms with E-state index in [1.165, 1.54) is 0 Å². The number of esters is 1. The molecule has 4 nitrogen and oxygen atoms in total. The Kier molecular flexibility index (Phi) is 4.95. The van der Waals surface area contributed by atoms with Gasteiger partial charge in [0.2, 0.25) is 0 Å². The highest BCUT2D eigenvalue weighted by Gasteiger charge is 2.23. The summed E-state index contributed by atoms with van der Waals surface area (Å²) in [7, 11) is 1.67. The van der Waals surface area contributed by atoms with Crippen LogP contribution in [0.25, 0.3) is 0 Å². The van der Waals surface area contributed by atoms with Gasteiger partial charge in [-0.25, -0.2) is 0 Å². The molecule has 0 radical (unpaired) electrons. The van der Waals surface area contributed by atoms with Crippen molar-refractivity contribution in [2.75, 3.05) is 13.7 Å². The number of hydrogen-bond acceptors (Lipinski definition) is 4. The van der Waals surface area contributed by atoms with E-state index in [1.54, 1.807) is 7.05 Å². The van der Waals surface area contributed by atoms with Crippen molar-refractivity contribution in [3.8, 4) is 0 Å². The van der Waals surface area contributed by atoms with Crippen molar-refractivity contribution in [1.82, 2.24) is 5.32 Å². The Morgan fingerprint density at radius 3 is 2.38 bits per heavy atom. The molecule has 0 rings (SSSR count). The molecule has 0 aliphatic rings. The first-order chi connectivity index (χ1) is 5.90. The van der Waals surface area contributed by atoms with Crippen LogP contribution in [0.1, 0.15) is 27.2 Å². The third-order valence-electron chi connectivity index (χ3n) is 1.46. The number of carbonyl (C=O) groups excluding carboxylic acids is 1. The molecule has 4 heteroatoms. The number of carbonyl (C=O) groups is 1. The summed E-state index contributed by atoms with van der Waals surface area (Å²) in [6.45, 7) is 5.43. The van der Waals surface area contributed by atoms with Crippen molar-refractivity contribution in [2.24, 2.45) is 0 Å². The Morgan fingerprint density at radius 2 is 2.08 bits per heavy atom. The number of likely N-dealkylation sites (N-methyl/N-ethyl adjacent to an activating group) is 1. The normalized spacial score (nSPS) is 13.9. The lowest BCUT2D eigenvalue weighted by molar-refractivity contribution is -0.157. The van der Waals surface area contributed by atoms with Crippen molar-refractivity contribution < 1.29 is 14.6 Å². The molecule has 0 saturated carbocycles. The second-order valence-corrected chi connectivity index (χ2v) is 3.89. The molecular formula is C9H19NO3. The molecule has 0 bridgehead atoms. The van der Waals surface area contributed by atoms with Gasteiger partial charge < -0.3 is 15.2 Å². The van der Waals surface area contributed by atoms with Gasteiger partial charge in [0.15, 0.2) is 0 Å². The van der Waals surface area contributed by atoms with E-state index < -0.39 is 11.6 Å². The van der Waals surface area contributed by atoms with Gasteiger partial charge >= 0.3 is 5.97 Å². The van der Waals surface area contributed by atoms with Crippen molar-refractivity contribution in [3.63, 3.8) is 0 Å². The lowest BCUT2D eigenvalue weighted by Crippen LogP contribution is -2.40. The second-order valence-electron chi connectivity index (χ2n) is 3.89. The zero-order valence-corrected chi connectivity index (χ0v) is 8.76. The van der Waals surface area contributed by atoms with Crippen LogP contribution in [-0.4, -0.2) is 36.4 Å². The Bertz CT molecular complexity index is 163. The van der Waals surface area contributed by atoms with E-state index in [9.17, 15) is 4.79 Å². The quantitative estimate of drug-likeness (QED) is 0.624. The molecule has 0 saturated heterocycles. The van der Waals surface area contributed by atoms with Crippen LogP contribution >= 0.6 is 0 Å². The largest absolute Gasteiger partial charge is 0.459 e. The Labute approximate surface area is 79.3 Å². The summed E-state index contributed by atoms with van der Waals surface area (Å²) in [4.78, 5) is 11.4. The predicted octanol–water partition coefficient (Wildman–Crippen LogP) is 0.298. The van der Waals surface area contributed by atoms with E-state index in [4.69, 9.17) is 9.84 Å². The highest BCUT2D eigenvalue weighted by molar-refractivity contribution is 5.76. The lowest BCUT2D eigenvalue weighted by Gasteiger charge is -2.23. The van der Waals surface area contributed by atoms with Gasteiger partial charge in [-0.3, -0.25) is 4.79 Å². The van der Waals surface area contributed by atoms with Crippen LogP contribution in [0.15, 0.2) is 0 Å². The number of hydrogen-bond donors (Lipinski definition) is 2. The monoisotopic (exact) mass is 189 g/mol. The molecule has 13 heavy (non-hydrogen) atoms. The van der Waals surface area contributed by atoms with Crippen LogP contribution in [0.4, 0.5) is 0 Å². The molecule has 0 aliphatic heterocycles. The van der Waals surface area contributed by atoms with Gasteiger partial charge in [0.05, 0.1) is 0 Å². The maximum Gasteiger partial charge on any atom is 0.323 e. The summed E-state index contributed by atoms with van der Waals surface area (Å²) in [6, 6.07) is -0.413. The van der Waals surface area contributed by atoms with Gasteiger partial charge in [-0.1, -0.05) is 0 Å². The van der Waals surface area contributed by atoms with Crippen LogP contribution in [-0.2, 0) is 9.53 Å². The topological polar surface area (TPSA) is 58.6 Å². The fraction of sp³-hybridized carbons (Fsp3) is 0.889. The summed E-state index contributed by atoms with van der Waals surface area (Å²) in [5, 5.41) is 11.5. The van der Waals surface area contributed by atoms with Gasteiger partial charge in [-0.05, 0) is 34.2 Å². The number of nitrogens with one attached hydrogen (secondary N) is 1. The fourth-order valence-electron chi connectivity index (χ4n) is 0.882. The predicted molar refractivity (Wildman–Crippen MR) is 50.4 cm³/mol. The molecule has 0 heterocycles. The molecule has 0 spiro atoms. The Balaban J connectivity index is 4.06. The van der Waals surface area contributed by atoms with Crippen molar-refractivity contribution in [2.45, 2.75) is 38.8 Å². The first-order valence-electron chi connectivity index (χ1n) is 4.41. The Hall–Kier alpha value is -0.610. The summed E-state index contributed by atoms with van der Waals surface area (Å²) in [6.07, 6.45) is 0.380. The van der Waals surface area contributed by atoms with E-state index >= 15 is 0 Å². The lowest BCUT2D eigenvalue weighted by atomic mass is 10.1. The number of rotatable bonds is 4. The van der Waals surface area contributed by atoms with Crippen molar-refractivity contribution in [3.05, 3.63) is 0 Å². The zero-order chi connectivity index (χ0) is 10.5. The molecule has 0 aromatic rings. The third-order valence-corrected chi connectivity index (χ3v) is 1.46. The van der Waals surface area contributed by atoms with E-state index in [0.29, 0.717) is 6.42 Å². The molecule has 78 valence electrons. The van der Waals surface area contributed by atoms with Crippen LogP contribution in [0, 0.1) is 0 Å². The maximum absolute atomic E-state index is 11.4. The Morgan fingerprint density at radius 1 is 1.54 bits per heavy atom. The third kappa shape index (κ3) is 5.60. The minimum atomic E-state index is -0.471. The van der Waals surface area contributed by atoms with E-state index in [-0.39, 0.29) is 12.6 Å². The minimum absolute atomic E-state index is 0.0231. The standard InChI is InChI=1S/C9H19NO3/c1-9(2,3)13-8(12)7(10-4)5-6-11/h7,10-11H,5-6H2,1-4H3/t7-/m1/s1. The van der Waals surface area contributed by atoms with Gasteiger partial charge in [0.25, 0.3) is 0 Å². The number of ether oxygens (including phenoxy) is 1. The highest BCUT2D eigenvalue weighted by Crippen LogP contribution is 2.09. The molecule has 0 aromatic carbocycles. The molecule has 1 atom stereocenters. The number of aliphatic hydroxyl groups is 1. The van der Waals surface area contributed by atoms with Crippen molar-refractivity contribution in [1.29, 1.82) is 0 Å². The van der Waals surface area contributed by atoms with Crippen molar-refractivity contribution >= 4 is 5.97 Å². The molecular weight excluding hydrogens is 170 g/mol. The molecule has 0 fully saturated rings. The first-order valence-corrected chi connectivity index (χ1v) is 4.41. The average Bonchev–Trinajstić information content (AvgIpc) is 1.96. The summed E-state index contributed by atoms with van der Waals surface area (Å²) >= 11 is 0. The van der Waals surface area contributed by atoms with E-state index in [2.05, 4.69) is 5.32 Å². The molecule has 0 aromatic heterocycles. The summed E-state index contributed by atoms with van der Waals surface area (Å²) in [5.41, 5.74) is -0.471. The molecule has 0 unspecified atom stereocenters. The number of aliphatic hydroxyl groups excluding tert-OH is 1. The molecule has 0 aliphatic carbocycles. The molecule has 2 N–H and O–H groups in total. The van der Waals surface area contributed by atoms with Crippen LogP contribution in [0.3, 0.4) is 0 Å². The summed E-state index contributed by atoms with van der Waals surface area (Å²) < 4.78 is 5.13. The van der Waals surface area contributed by atoms with Gasteiger partial charge in [-0.15, -0.1) is 0 Å². The summed E-state index contributed by atoms with van der Waals surface area (Å²) in [5.74, 6) is -0.316. The average molecular weight is 189 g/mol. The first kappa shape index (κ1) is 12.4. The molecule has 0 amide bonds. The maximum atomic E-state index is 11.4. The second kappa shape index (κ2) is 5.19. The zero-order valence-electron chi connectivity index (χ0n) is 8.76. The van der Waals surface area contributed by atoms with Crippen LogP contribution < -0.4 is 5.32 Å². The smallest absolute Gasteiger partial charge is 0.323 e. The SMILES string of the molecule is CN[C@H](CCO)C(=O)OC(C)(C)C. The van der Waals surface area contributed by atoms with Crippen LogP contribution in [0.2, 0.25) is 0 Å². The van der Waals surface area contributed by atoms with E-state index in [0.717, 1.165) is 0 Å². The highest BCUT2D eigenvalue weighted by atomic mass is 16.6. The van der Waals surface area contributed by atoms with Gasteiger partial charge in [0, 0.05) is 6.61 Å². The fourth-order valence-corrected chi connectivity index (χ4v) is 0.882. The van der Waals surface area contributed by atoms with E-state index in [1.807, 2.05) is 20.8 Å². The van der Waals surface area contributed by atoms with Crippen LogP contribution in [0.5, 0.6) is 0 Å². The van der Waals surface area contributed by atoms with Gasteiger partial charge in [-0.2, -0.15) is 0 Å². The van der Waals surface area contributed by atoms with Gasteiger partial charge in [0.1, 0.15) is 11.6 Å². The minimum Gasteiger partial charge on any atom is -0.459 e.